The summed E-state index contributed by atoms with van der Waals surface area (Å²) in [5.74, 6) is 1.77. The fraction of sp³-hybridized carbons (Fsp3) is 0.375. The van der Waals surface area contributed by atoms with Crippen LogP contribution in [0.3, 0.4) is 0 Å². The Kier molecular flexibility index (Phi) is 2.46. The molecule has 1 aromatic carbocycles. The van der Waals surface area contributed by atoms with Crippen LogP contribution in [0.5, 0.6) is 11.5 Å². The summed E-state index contributed by atoms with van der Waals surface area (Å²) in [4.78, 5) is 8.69. The Bertz CT molecular complexity index is 671. The molecule has 0 saturated carbocycles. The molecule has 2 heterocycles. The minimum atomic E-state index is -0.0730. The van der Waals surface area contributed by atoms with Crippen molar-refractivity contribution in [1.29, 1.82) is 0 Å². The summed E-state index contributed by atoms with van der Waals surface area (Å²) in [6.07, 6.45) is 6.86. The van der Waals surface area contributed by atoms with Gasteiger partial charge in [0.15, 0.2) is 0 Å². The van der Waals surface area contributed by atoms with E-state index in [9.17, 15) is 0 Å². The zero-order valence-electron chi connectivity index (χ0n) is 11.4. The van der Waals surface area contributed by atoms with Crippen LogP contribution in [0.2, 0.25) is 0 Å². The first-order valence-corrected chi connectivity index (χ1v) is 6.94. The second-order valence-electron chi connectivity index (χ2n) is 5.47. The number of ether oxygens (including phenoxy) is 2. The van der Waals surface area contributed by atoms with Gasteiger partial charge in [0.2, 0.25) is 0 Å². The van der Waals surface area contributed by atoms with Gasteiger partial charge in [0.1, 0.15) is 24.4 Å². The molecule has 1 unspecified atom stereocenters. The standard InChI is InChI=1S/C16H16N2O2/c1-19-11-4-5-12-15(7-11)20-9-16(12)6-2-3-14-13(16)8-17-10-18-14/h4-5,7-8,10H,2-3,6,9H2,1H3. The molecule has 1 atom stereocenters. The number of benzene rings is 1. The lowest BCUT2D eigenvalue weighted by atomic mass is 9.69. The molecule has 20 heavy (non-hydrogen) atoms. The highest BCUT2D eigenvalue weighted by atomic mass is 16.5. The molecule has 102 valence electrons. The van der Waals surface area contributed by atoms with Crippen LogP contribution >= 0.6 is 0 Å². The molecular formula is C16H16N2O2. The largest absolute Gasteiger partial charge is 0.497 e. The quantitative estimate of drug-likeness (QED) is 0.797. The van der Waals surface area contributed by atoms with Gasteiger partial charge in [0.05, 0.1) is 12.5 Å². The van der Waals surface area contributed by atoms with Crippen molar-refractivity contribution in [2.75, 3.05) is 13.7 Å². The number of aromatic nitrogens is 2. The lowest BCUT2D eigenvalue weighted by molar-refractivity contribution is 0.270. The lowest BCUT2D eigenvalue weighted by Gasteiger charge is -2.33. The maximum atomic E-state index is 5.96. The third-order valence-corrected chi connectivity index (χ3v) is 4.51. The van der Waals surface area contributed by atoms with Gasteiger partial charge in [0.25, 0.3) is 0 Å². The van der Waals surface area contributed by atoms with Crippen LogP contribution in [-0.2, 0) is 11.8 Å². The van der Waals surface area contributed by atoms with Crippen LogP contribution in [0, 0.1) is 0 Å². The average Bonchev–Trinajstić information content (AvgIpc) is 2.87. The van der Waals surface area contributed by atoms with E-state index in [2.05, 4.69) is 16.0 Å². The Morgan fingerprint density at radius 3 is 3.15 bits per heavy atom. The lowest BCUT2D eigenvalue weighted by Crippen LogP contribution is -2.34. The summed E-state index contributed by atoms with van der Waals surface area (Å²) in [7, 11) is 1.68. The monoisotopic (exact) mass is 268 g/mol. The van der Waals surface area contributed by atoms with Gasteiger partial charge in [-0.05, 0) is 25.3 Å². The molecule has 1 aromatic heterocycles. The third kappa shape index (κ3) is 1.48. The first-order chi connectivity index (χ1) is 9.83. The highest BCUT2D eigenvalue weighted by Crippen LogP contribution is 2.50. The number of aryl methyl sites for hydroxylation is 1. The molecule has 4 rings (SSSR count). The number of hydrogen-bond donors (Lipinski definition) is 0. The minimum absolute atomic E-state index is 0.0730. The summed E-state index contributed by atoms with van der Waals surface area (Å²) >= 11 is 0. The highest BCUT2D eigenvalue weighted by Gasteiger charge is 2.45. The summed E-state index contributed by atoms with van der Waals surface area (Å²) < 4.78 is 11.2. The first-order valence-electron chi connectivity index (χ1n) is 6.94. The normalized spacial score (nSPS) is 23.1. The molecule has 2 aromatic rings. The van der Waals surface area contributed by atoms with Gasteiger partial charge < -0.3 is 9.47 Å². The van der Waals surface area contributed by atoms with Crippen molar-refractivity contribution in [2.45, 2.75) is 24.7 Å². The van der Waals surface area contributed by atoms with Crippen molar-refractivity contribution in [2.24, 2.45) is 0 Å². The molecule has 0 N–H and O–H groups in total. The zero-order chi connectivity index (χ0) is 13.6. The Hall–Kier alpha value is -2.10. The van der Waals surface area contributed by atoms with Crippen LogP contribution in [0.15, 0.2) is 30.7 Å². The minimum Gasteiger partial charge on any atom is -0.497 e. The average molecular weight is 268 g/mol. The van der Waals surface area contributed by atoms with Gasteiger partial charge in [-0.25, -0.2) is 9.97 Å². The van der Waals surface area contributed by atoms with Gasteiger partial charge >= 0.3 is 0 Å². The van der Waals surface area contributed by atoms with E-state index in [4.69, 9.17) is 9.47 Å². The van der Waals surface area contributed by atoms with Crippen molar-refractivity contribution in [3.05, 3.63) is 47.5 Å². The van der Waals surface area contributed by atoms with E-state index in [1.165, 1.54) is 16.8 Å². The summed E-state index contributed by atoms with van der Waals surface area (Å²) in [6, 6.07) is 6.11. The van der Waals surface area contributed by atoms with Gasteiger partial charge in [-0.2, -0.15) is 0 Å². The maximum absolute atomic E-state index is 5.96. The molecule has 4 nitrogen and oxygen atoms in total. The Labute approximate surface area is 117 Å². The van der Waals surface area contributed by atoms with Crippen LogP contribution in [0.25, 0.3) is 0 Å². The van der Waals surface area contributed by atoms with Gasteiger partial charge in [-0.1, -0.05) is 6.07 Å². The second kappa shape index (κ2) is 4.20. The molecule has 0 radical (unpaired) electrons. The van der Waals surface area contributed by atoms with Crippen molar-refractivity contribution in [3.8, 4) is 11.5 Å². The van der Waals surface area contributed by atoms with E-state index in [0.717, 1.165) is 30.8 Å². The first kappa shape index (κ1) is 11.7. The maximum Gasteiger partial charge on any atom is 0.127 e. The fourth-order valence-corrected chi connectivity index (χ4v) is 3.50. The Balaban J connectivity index is 1.90. The molecule has 1 aliphatic heterocycles. The van der Waals surface area contributed by atoms with E-state index in [-0.39, 0.29) is 5.41 Å². The Morgan fingerprint density at radius 1 is 1.30 bits per heavy atom. The van der Waals surface area contributed by atoms with E-state index in [0.29, 0.717) is 6.61 Å². The molecular weight excluding hydrogens is 252 g/mol. The fourth-order valence-electron chi connectivity index (χ4n) is 3.50. The van der Waals surface area contributed by atoms with Gasteiger partial charge in [-0.15, -0.1) is 0 Å². The van der Waals surface area contributed by atoms with Crippen LogP contribution in [0.4, 0.5) is 0 Å². The van der Waals surface area contributed by atoms with Crippen molar-refractivity contribution in [1.82, 2.24) is 9.97 Å². The van der Waals surface area contributed by atoms with Crippen molar-refractivity contribution >= 4 is 0 Å². The summed E-state index contributed by atoms with van der Waals surface area (Å²) in [5.41, 5.74) is 3.57. The number of rotatable bonds is 1. The topological polar surface area (TPSA) is 44.2 Å². The number of fused-ring (bicyclic) bond motifs is 4. The van der Waals surface area contributed by atoms with Gasteiger partial charge in [0, 0.05) is 29.1 Å². The van der Waals surface area contributed by atoms with Crippen molar-refractivity contribution in [3.63, 3.8) is 0 Å². The van der Waals surface area contributed by atoms with Crippen molar-refractivity contribution < 1.29 is 9.47 Å². The molecule has 0 amide bonds. The molecule has 2 aliphatic rings. The zero-order valence-corrected chi connectivity index (χ0v) is 11.4. The summed E-state index contributed by atoms with van der Waals surface area (Å²) in [6.45, 7) is 0.676. The molecule has 0 bridgehead atoms. The highest BCUT2D eigenvalue weighted by molar-refractivity contribution is 5.54. The summed E-state index contributed by atoms with van der Waals surface area (Å²) in [5, 5.41) is 0. The third-order valence-electron chi connectivity index (χ3n) is 4.51. The molecule has 4 heteroatoms. The van der Waals surface area contributed by atoms with E-state index >= 15 is 0 Å². The van der Waals surface area contributed by atoms with Crippen LogP contribution in [-0.4, -0.2) is 23.7 Å². The molecule has 0 saturated heterocycles. The second-order valence-corrected chi connectivity index (χ2v) is 5.47. The van der Waals surface area contributed by atoms with E-state index in [1.807, 2.05) is 18.3 Å². The smallest absolute Gasteiger partial charge is 0.127 e. The van der Waals surface area contributed by atoms with Gasteiger partial charge in [-0.3, -0.25) is 0 Å². The number of hydrogen-bond acceptors (Lipinski definition) is 4. The van der Waals surface area contributed by atoms with Crippen LogP contribution in [0.1, 0.15) is 29.7 Å². The number of nitrogens with zero attached hydrogens (tertiary/aromatic N) is 2. The van der Waals surface area contributed by atoms with E-state index in [1.54, 1.807) is 13.4 Å². The predicted octanol–water partition coefficient (Wildman–Crippen LogP) is 2.50. The number of methoxy groups -OCH3 is 1. The molecule has 1 spiro atoms. The SMILES string of the molecule is COc1ccc2c(c1)OCC21CCCc2ncncc21. The van der Waals surface area contributed by atoms with Crippen LogP contribution < -0.4 is 9.47 Å². The molecule has 0 fully saturated rings. The molecule has 1 aliphatic carbocycles. The Morgan fingerprint density at radius 2 is 2.25 bits per heavy atom. The van der Waals surface area contributed by atoms with E-state index < -0.39 is 0 Å². The predicted molar refractivity (Wildman–Crippen MR) is 74.2 cm³/mol.